The molecule has 0 unspecified atom stereocenters. The van der Waals surface area contributed by atoms with Gasteiger partial charge in [0.25, 0.3) is 0 Å². The molecule has 2 aromatic rings. The zero-order valence-electron chi connectivity index (χ0n) is 10.5. The van der Waals surface area contributed by atoms with Crippen molar-refractivity contribution in [3.63, 3.8) is 0 Å². The van der Waals surface area contributed by atoms with Crippen LogP contribution in [0.25, 0.3) is 11.3 Å². The van der Waals surface area contributed by atoms with Crippen LogP contribution in [0, 0.1) is 0 Å². The summed E-state index contributed by atoms with van der Waals surface area (Å²) in [5.41, 5.74) is 3.71. The highest BCUT2D eigenvalue weighted by Gasteiger charge is 2.07. The molecule has 1 heterocycles. The molecule has 18 heavy (non-hydrogen) atoms. The lowest BCUT2D eigenvalue weighted by Crippen LogP contribution is -2.01. The number of aldehydes is 1. The molecule has 0 aliphatic heterocycles. The summed E-state index contributed by atoms with van der Waals surface area (Å²) in [5, 5.41) is 4.41. The standard InChI is InChI=1S/C15H16N2O/c1-3-9-17-14(11-18)10-15(16-17)13-7-5-12(4-2)6-8-13/h3,5-8,10-11H,1,4,9H2,2H3. The first-order valence-electron chi connectivity index (χ1n) is 6.01. The summed E-state index contributed by atoms with van der Waals surface area (Å²) >= 11 is 0. The summed E-state index contributed by atoms with van der Waals surface area (Å²) in [6, 6.07) is 10.0. The van der Waals surface area contributed by atoms with Gasteiger partial charge in [0.05, 0.1) is 12.2 Å². The molecular formula is C15H16N2O. The number of nitrogens with zero attached hydrogens (tertiary/aromatic N) is 2. The fourth-order valence-electron chi connectivity index (χ4n) is 1.85. The molecule has 0 atom stereocenters. The van der Waals surface area contributed by atoms with Crippen molar-refractivity contribution in [2.24, 2.45) is 0 Å². The Morgan fingerprint density at radius 2 is 2.06 bits per heavy atom. The highest BCUT2D eigenvalue weighted by atomic mass is 16.1. The predicted molar refractivity (Wildman–Crippen MR) is 72.6 cm³/mol. The third-order valence-corrected chi connectivity index (χ3v) is 2.89. The lowest BCUT2D eigenvalue weighted by Gasteiger charge is -1.99. The molecule has 92 valence electrons. The average molecular weight is 240 g/mol. The molecular weight excluding hydrogens is 224 g/mol. The first-order valence-corrected chi connectivity index (χ1v) is 6.01. The van der Waals surface area contributed by atoms with Crippen molar-refractivity contribution in [2.75, 3.05) is 0 Å². The van der Waals surface area contributed by atoms with Crippen LogP contribution >= 0.6 is 0 Å². The van der Waals surface area contributed by atoms with Gasteiger partial charge in [-0.3, -0.25) is 9.48 Å². The van der Waals surface area contributed by atoms with Gasteiger partial charge < -0.3 is 0 Å². The number of rotatable bonds is 5. The third-order valence-electron chi connectivity index (χ3n) is 2.89. The fraction of sp³-hybridized carbons (Fsp3) is 0.200. The van der Waals surface area contributed by atoms with Gasteiger partial charge in [0.2, 0.25) is 0 Å². The molecule has 3 nitrogen and oxygen atoms in total. The molecule has 0 saturated carbocycles. The first-order chi connectivity index (χ1) is 8.78. The van der Waals surface area contributed by atoms with Crippen LogP contribution in [0.3, 0.4) is 0 Å². The van der Waals surface area contributed by atoms with E-state index in [0.717, 1.165) is 24.0 Å². The fourth-order valence-corrected chi connectivity index (χ4v) is 1.85. The summed E-state index contributed by atoms with van der Waals surface area (Å²) in [7, 11) is 0. The van der Waals surface area contributed by atoms with E-state index < -0.39 is 0 Å². The van der Waals surface area contributed by atoms with Gasteiger partial charge in [0, 0.05) is 5.56 Å². The SMILES string of the molecule is C=CCn1nc(-c2ccc(CC)cc2)cc1C=O. The minimum Gasteiger partial charge on any atom is -0.296 e. The number of aromatic nitrogens is 2. The Hall–Kier alpha value is -2.16. The molecule has 1 aromatic heterocycles. The maximum absolute atomic E-state index is 11.0. The molecule has 0 saturated heterocycles. The lowest BCUT2D eigenvalue weighted by molar-refractivity contribution is 0.111. The topological polar surface area (TPSA) is 34.9 Å². The van der Waals surface area contributed by atoms with Crippen molar-refractivity contribution in [1.82, 2.24) is 9.78 Å². The minimum absolute atomic E-state index is 0.543. The second kappa shape index (κ2) is 5.45. The Kier molecular flexibility index (Phi) is 3.72. The minimum atomic E-state index is 0.543. The van der Waals surface area contributed by atoms with Crippen molar-refractivity contribution in [3.05, 3.63) is 54.2 Å². The second-order valence-electron chi connectivity index (χ2n) is 4.09. The Morgan fingerprint density at radius 1 is 1.33 bits per heavy atom. The van der Waals surface area contributed by atoms with E-state index >= 15 is 0 Å². The number of hydrogen-bond donors (Lipinski definition) is 0. The average Bonchev–Trinajstić information content (AvgIpc) is 2.82. The van der Waals surface area contributed by atoms with Crippen LogP contribution in [0.1, 0.15) is 23.0 Å². The normalized spacial score (nSPS) is 10.3. The molecule has 0 fully saturated rings. The smallest absolute Gasteiger partial charge is 0.168 e. The van der Waals surface area contributed by atoms with Gasteiger partial charge in [-0.1, -0.05) is 37.3 Å². The van der Waals surface area contributed by atoms with Crippen LogP contribution in [-0.4, -0.2) is 16.1 Å². The van der Waals surface area contributed by atoms with Gasteiger partial charge in [-0.05, 0) is 18.1 Å². The van der Waals surface area contributed by atoms with Crippen LogP contribution in [0.2, 0.25) is 0 Å². The van der Waals surface area contributed by atoms with Crippen LogP contribution in [0.15, 0.2) is 43.0 Å². The van der Waals surface area contributed by atoms with Crippen molar-refractivity contribution < 1.29 is 4.79 Å². The van der Waals surface area contributed by atoms with Gasteiger partial charge in [0.1, 0.15) is 5.69 Å². The van der Waals surface area contributed by atoms with Gasteiger partial charge in [0.15, 0.2) is 6.29 Å². The molecule has 2 rings (SSSR count). The van der Waals surface area contributed by atoms with Crippen LogP contribution in [0.4, 0.5) is 0 Å². The maximum Gasteiger partial charge on any atom is 0.168 e. The molecule has 0 aliphatic rings. The van der Waals surface area contributed by atoms with Crippen molar-refractivity contribution in [2.45, 2.75) is 19.9 Å². The number of hydrogen-bond acceptors (Lipinski definition) is 2. The highest BCUT2D eigenvalue weighted by Crippen LogP contribution is 2.19. The van der Waals surface area contributed by atoms with Crippen LogP contribution < -0.4 is 0 Å². The number of benzene rings is 1. The Bertz CT molecular complexity index is 552. The van der Waals surface area contributed by atoms with E-state index in [0.29, 0.717) is 12.2 Å². The highest BCUT2D eigenvalue weighted by molar-refractivity contribution is 5.75. The van der Waals surface area contributed by atoms with Gasteiger partial charge in [-0.25, -0.2) is 0 Å². The molecule has 0 aliphatic carbocycles. The number of carbonyl (C=O) groups is 1. The summed E-state index contributed by atoms with van der Waals surface area (Å²) in [6.45, 7) is 6.33. The maximum atomic E-state index is 11.0. The lowest BCUT2D eigenvalue weighted by atomic mass is 10.1. The van der Waals surface area contributed by atoms with Crippen molar-refractivity contribution in [1.29, 1.82) is 0 Å². The van der Waals surface area contributed by atoms with Crippen LogP contribution in [0.5, 0.6) is 0 Å². The number of aryl methyl sites for hydroxylation is 1. The van der Waals surface area contributed by atoms with E-state index in [1.807, 2.05) is 12.1 Å². The van der Waals surface area contributed by atoms with Gasteiger partial charge in [-0.15, -0.1) is 6.58 Å². The van der Waals surface area contributed by atoms with Gasteiger partial charge in [-0.2, -0.15) is 5.10 Å². The van der Waals surface area contributed by atoms with E-state index in [9.17, 15) is 4.79 Å². The van der Waals surface area contributed by atoms with E-state index in [4.69, 9.17) is 0 Å². The Labute approximate surface area is 107 Å². The monoisotopic (exact) mass is 240 g/mol. The van der Waals surface area contributed by atoms with E-state index in [2.05, 4.69) is 30.7 Å². The number of carbonyl (C=O) groups excluding carboxylic acids is 1. The first kappa shape index (κ1) is 12.3. The summed E-state index contributed by atoms with van der Waals surface area (Å²) in [4.78, 5) is 11.0. The van der Waals surface area contributed by atoms with Gasteiger partial charge >= 0.3 is 0 Å². The predicted octanol–water partition coefficient (Wildman–Crippen LogP) is 3.11. The largest absolute Gasteiger partial charge is 0.296 e. The van der Waals surface area contributed by atoms with E-state index in [1.165, 1.54) is 5.56 Å². The molecule has 0 spiro atoms. The summed E-state index contributed by atoms with van der Waals surface area (Å²) < 4.78 is 1.66. The zero-order chi connectivity index (χ0) is 13.0. The third kappa shape index (κ3) is 2.40. The molecule has 0 N–H and O–H groups in total. The van der Waals surface area contributed by atoms with Crippen molar-refractivity contribution >= 4 is 6.29 Å². The molecule has 0 bridgehead atoms. The molecule has 0 radical (unpaired) electrons. The zero-order valence-corrected chi connectivity index (χ0v) is 10.5. The second-order valence-corrected chi connectivity index (χ2v) is 4.09. The molecule has 0 amide bonds. The quantitative estimate of drug-likeness (QED) is 0.594. The Balaban J connectivity index is 2.37. The summed E-state index contributed by atoms with van der Waals surface area (Å²) in [6.07, 6.45) is 3.56. The van der Waals surface area contributed by atoms with Crippen molar-refractivity contribution in [3.8, 4) is 11.3 Å². The Morgan fingerprint density at radius 3 is 2.61 bits per heavy atom. The van der Waals surface area contributed by atoms with Crippen LogP contribution in [-0.2, 0) is 13.0 Å². The molecule has 3 heteroatoms. The summed E-state index contributed by atoms with van der Waals surface area (Å²) in [5.74, 6) is 0. The van der Waals surface area contributed by atoms with E-state index in [-0.39, 0.29) is 0 Å². The number of allylic oxidation sites excluding steroid dienone is 1. The molecule has 1 aromatic carbocycles. The van der Waals surface area contributed by atoms with E-state index in [1.54, 1.807) is 16.8 Å².